The molecule has 0 bridgehead atoms. The Morgan fingerprint density at radius 2 is 0.545 bits per heavy atom. The molecule has 0 heterocycles. The molecule has 17 nitrogen and oxygen atoms in total. The van der Waals surface area contributed by atoms with E-state index in [0.29, 0.717) is 31.6 Å². The van der Waals surface area contributed by atoms with Crippen LogP contribution in [0.2, 0.25) is 0 Å². The van der Waals surface area contributed by atoms with E-state index in [1.807, 2.05) is 0 Å². The van der Waals surface area contributed by atoms with Crippen molar-refractivity contribution in [2.45, 2.75) is 356 Å². The Morgan fingerprint density at radius 3 is 0.807 bits per heavy atom. The van der Waals surface area contributed by atoms with Crippen molar-refractivity contribution in [3.05, 3.63) is 0 Å². The fourth-order valence-electron chi connectivity index (χ4n) is 10.3. The summed E-state index contributed by atoms with van der Waals surface area (Å²) in [5.74, 6) is 0.841. The first kappa shape index (κ1) is 86.1. The largest absolute Gasteiger partial charge is 0.472 e. The molecule has 0 aliphatic heterocycles. The average Bonchev–Trinajstić information content (AvgIpc) is 3.59. The second-order valence-electron chi connectivity index (χ2n) is 26.6. The predicted molar refractivity (Wildman–Crippen MR) is 354 cm³/mol. The number of phosphoric acid groups is 2. The molecule has 3 N–H and O–H groups in total. The molecule has 522 valence electrons. The van der Waals surface area contributed by atoms with E-state index in [4.69, 9.17) is 37.0 Å². The number of unbranched alkanes of at least 4 members (excludes halogenated alkanes) is 31. The number of phosphoric ester groups is 2. The Bertz CT molecular complexity index is 1750. The van der Waals surface area contributed by atoms with Crippen LogP contribution in [0.5, 0.6) is 0 Å². The molecule has 6 atom stereocenters. The first-order chi connectivity index (χ1) is 42.1. The summed E-state index contributed by atoms with van der Waals surface area (Å²) in [6.45, 7) is 14.0. The van der Waals surface area contributed by atoms with E-state index in [0.717, 1.165) is 114 Å². The molecule has 0 rings (SSSR count). The SMILES string of the molecule is CCC(C)CCCCCCCCCCCCC(=O)O[C@H](COC(=O)CCCCCCCCCCC(C)C)COP(=O)(O)OCC(O)COP(=O)(O)OC[C@@H](COC(=O)CCCCCCCCC(C)C)OC(=O)CCCCCCCCCCCCCC(C)C. The lowest BCUT2D eigenvalue weighted by Gasteiger charge is -2.21. The molecule has 0 saturated carbocycles. The number of esters is 4. The van der Waals surface area contributed by atoms with Gasteiger partial charge in [-0.3, -0.25) is 37.3 Å². The molecule has 0 aliphatic carbocycles. The third kappa shape index (κ3) is 61.6. The standard InChI is InChI=1S/C69H134O17P2/c1-9-62(8)48-40-32-23-16-13-14-18-26-36-44-52-69(74)85-64(55-79-66(71)49-41-33-24-20-19-22-30-38-46-60(4)5)57-83-87(75,76)81-53-63(70)54-82-88(77,78)84-58-65(56-80-67(72)50-42-34-28-27-31-39-47-61(6)7)86-68(73)51-43-35-25-17-12-10-11-15-21-29-37-45-59(2)3/h59-65,70H,9-58H2,1-8H3,(H,75,76)(H,77,78)/t62?,63?,64-,65-/m1/s1. The van der Waals surface area contributed by atoms with Crippen molar-refractivity contribution in [1.29, 1.82) is 0 Å². The van der Waals surface area contributed by atoms with Crippen molar-refractivity contribution >= 4 is 39.5 Å². The topological polar surface area (TPSA) is 237 Å². The summed E-state index contributed by atoms with van der Waals surface area (Å²) in [5, 5.41) is 10.6. The van der Waals surface area contributed by atoms with Crippen molar-refractivity contribution in [3.8, 4) is 0 Å². The fraction of sp³-hybridized carbons (Fsp3) is 0.942. The summed E-state index contributed by atoms with van der Waals surface area (Å²) in [6, 6.07) is 0. The number of aliphatic hydroxyl groups is 1. The summed E-state index contributed by atoms with van der Waals surface area (Å²) in [6.07, 6.45) is 40.4. The highest BCUT2D eigenvalue weighted by atomic mass is 31.2. The minimum atomic E-state index is -4.95. The molecule has 0 aromatic rings. The van der Waals surface area contributed by atoms with Gasteiger partial charge in [0.2, 0.25) is 0 Å². The van der Waals surface area contributed by atoms with Crippen LogP contribution >= 0.6 is 15.6 Å². The van der Waals surface area contributed by atoms with Gasteiger partial charge < -0.3 is 33.8 Å². The van der Waals surface area contributed by atoms with Crippen LogP contribution in [0.15, 0.2) is 0 Å². The van der Waals surface area contributed by atoms with Gasteiger partial charge in [-0.25, -0.2) is 9.13 Å². The maximum atomic E-state index is 13.0. The Hall–Kier alpha value is -1.94. The van der Waals surface area contributed by atoms with Gasteiger partial charge in [0, 0.05) is 25.7 Å². The van der Waals surface area contributed by atoms with Crippen LogP contribution in [0.1, 0.15) is 338 Å². The van der Waals surface area contributed by atoms with E-state index in [2.05, 4.69) is 55.4 Å². The minimum absolute atomic E-state index is 0.105. The van der Waals surface area contributed by atoms with E-state index in [9.17, 15) is 43.2 Å². The Labute approximate surface area is 537 Å². The first-order valence-corrected chi connectivity index (χ1v) is 38.7. The maximum absolute atomic E-state index is 13.0. The number of rotatable bonds is 66. The number of carbonyl (C=O) groups excluding carboxylic acids is 4. The highest BCUT2D eigenvalue weighted by Gasteiger charge is 2.30. The maximum Gasteiger partial charge on any atom is 0.472 e. The molecule has 0 aliphatic rings. The number of hydrogen-bond donors (Lipinski definition) is 3. The number of carbonyl (C=O) groups is 4. The summed E-state index contributed by atoms with van der Waals surface area (Å²) in [5.41, 5.74) is 0. The molecule has 0 aromatic carbocycles. The smallest absolute Gasteiger partial charge is 0.462 e. The van der Waals surface area contributed by atoms with Crippen LogP contribution in [0.3, 0.4) is 0 Å². The van der Waals surface area contributed by atoms with Crippen LogP contribution in [-0.2, 0) is 65.4 Å². The molecule has 0 saturated heterocycles. The normalized spacial score (nSPS) is 14.6. The Balaban J connectivity index is 5.25. The molecule has 0 fully saturated rings. The molecule has 4 unspecified atom stereocenters. The molecule has 0 aromatic heterocycles. The van der Waals surface area contributed by atoms with Crippen LogP contribution in [0.25, 0.3) is 0 Å². The van der Waals surface area contributed by atoms with E-state index < -0.39 is 97.5 Å². The summed E-state index contributed by atoms with van der Waals surface area (Å²) >= 11 is 0. The van der Waals surface area contributed by atoms with Gasteiger partial charge in [0.15, 0.2) is 12.2 Å². The van der Waals surface area contributed by atoms with Crippen molar-refractivity contribution in [2.24, 2.45) is 23.7 Å². The van der Waals surface area contributed by atoms with Crippen molar-refractivity contribution in [3.63, 3.8) is 0 Å². The lowest BCUT2D eigenvalue weighted by atomic mass is 9.99. The zero-order valence-corrected chi connectivity index (χ0v) is 59.1. The van der Waals surface area contributed by atoms with Crippen LogP contribution in [0.4, 0.5) is 0 Å². The van der Waals surface area contributed by atoms with Crippen molar-refractivity contribution < 1.29 is 80.2 Å². The first-order valence-electron chi connectivity index (χ1n) is 35.7. The molecular formula is C69H134O17P2. The second-order valence-corrected chi connectivity index (χ2v) is 29.5. The average molecular weight is 1300 g/mol. The predicted octanol–water partition coefficient (Wildman–Crippen LogP) is 19.3. The second kappa shape index (κ2) is 58.8. The zero-order chi connectivity index (χ0) is 65.4. The van der Waals surface area contributed by atoms with Crippen molar-refractivity contribution in [2.75, 3.05) is 39.6 Å². The van der Waals surface area contributed by atoms with Gasteiger partial charge >= 0.3 is 39.5 Å². The molecule has 88 heavy (non-hydrogen) atoms. The van der Waals surface area contributed by atoms with E-state index in [-0.39, 0.29) is 25.7 Å². The van der Waals surface area contributed by atoms with Gasteiger partial charge in [0.1, 0.15) is 19.3 Å². The number of hydrogen-bond acceptors (Lipinski definition) is 15. The third-order valence-corrected chi connectivity index (χ3v) is 18.1. The lowest BCUT2D eigenvalue weighted by molar-refractivity contribution is -0.161. The van der Waals surface area contributed by atoms with Gasteiger partial charge in [0.25, 0.3) is 0 Å². The Morgan fingerprint density at radius 1 is 0.318 bits per heavy atom. The van der Waals surface area contributed by atoms with Gasteiger partial charge in [-0.1, -0.05) is 287 Å². The molecule has 19 heteroatoms. The monoisotopic (exact) mass is 1300 g/mol. The highest BCUT2D eigenvalue weighted by Crippen LogP contribution is 2.45. The van der Waals surface area contributed by atoms with Gasteiger partial charge in [-0.15, -0.1) is 0 Å². The fourth-order valence-corrected chi connectivity index (χ4v) is 11.9. The number of ether oxygens (including phenoxy) is 4. The molecule has 0 amide bonds. The zero-order valence-electron chi connectivity index (χ0n) is 57.3. The summed E-state index contributed by atoms with van der Waals surface area (Å²) in [4.78, 5) is 72.5. The van der Waals surface area contributed by atoms with Gasteiger partial charge in [-0.2, -0.15) is 0 Å². The Kier molecular flexibility index (Phi) is 57.6. The van der Waals surface area contributed by atoms with E-state index >= 15 is 0 Å². The van der Waals surface area contributed by atoms with Crippen LogP contribution in [-0.4, -0.2) is 96.7 Å². The molecule has 0 spiro atoms. The lowest BCUT2D eigenvalue weighted by Crippen LogP contribution is -2.30. The third-order valence-electron chi connectivity index (χ3n) is 16.2. The highest BCUT2D eigenvalue weighted by molar-refractivity contribution is 7.47. The van der Waals surface area contributed by atoms with Crippen LogP contribution in [0, 0.1) is 23.7 Å². The quantitative estimate of drug-likeness (QED) is 0.0222. The molecular weight excluding hydrogens is 1160 g/mol. The number of aliphatic hydroxyl groups excluding tert-OH is 1. The van der Waals surface area contributed by atoms with Crippen molar-refractivity contribution in [1.82, 2.24) is 0 Å². The van der Waals surface area contributed by atoms with Gasteiger partial charge in [0.05, 0.1) is 26.4 Å². The van der Waals surface area contributed by atoms with E-state index in [1.165, 1.54) is 135 Å². The summed E-state index contributed by atoms with van der Waals surface area (Å²) < 4.78 is 68.2. The minimum Gasteiger partial charge on any atom is -0.462 e. The molecule has 0 radical (unpaired) electrons. The van der Waals surface area contributed by atoms with Crippen LogP contribution < -0.4 is 0 Å². The summed E-state index contributed by atoms with van der Waals surface area (Å²) in [7, 11) is -9.90. The van der Waals surface area contributed by atoms with Gasteiger partial charge in [-0.05, 0) is 49.4 Å². The van der Waals surface area contributed by atoms with E-state index in [1.54, 1.807) is 0 Å².